The Kier molecular flexibility index (Phi) is 4.98. The second-order valence-electron chi connectivity index (χ2n) is 4.68. The summed E-state index contributed by atoms with van der Waals surface area (Å²) in [5.74, 6) is 1.88. The fourth-order valence-electron chi connectivity index (χ4n) is 1.83. The minimum atomic E-state index is 0.0333. The molecule has 20 heavy (non-hydrogen) atoms. The lowest BCUT2D eigenvalue weighted by Gasteiger charge is -2.12. The molecule has 2 aromatic rings. The van der Waals surface area contributed by atoms with Gasteiger partial charge in [-0.3, -0.25) is 0 Å². The maximum atomic E-state index is 6.00. The SMILES string of the molecule is CCc1noc(COc2ccc(Cl)cc2CC(C)N)n1. The molecule has 5 nitrogen and oxygen atoms in total. The number of hydrogen-bond acceptors (Lipinski definition) is 5. The van der Waals surface area contributed by atoms with Crippen molar-refractivity contribution in [2.45, 2.75) is 39.3 Å². The molecule has 0 amide bonds. The van der Waals surface area contributed by atoms with E-state index in [-0.39, 0.29) is 12.6 Å². The zero-order valence-corrected chi connectivity index (χ0v) is 12.4. The van der Waals surface area contributed by atoms with Crippen LogP contribution in [0.4, 0.5) is 0 Å². The van der Waals surface area contributed by atoms with Gasteiger partial charge >= 0.3 is 0 Å². The van der Waals surface area contributed by atoms with Crippen LogP contribution in [0.15, 0.2) is 22.7 Å². The molecule has 2 rings (SSSR count). The van der Waals surface area contributed by atoms with Crippen molar-refractivity contribution in [3.63, 3.8) is 0 Å². The summed E-state index contributed by atoms with van der Waals surface area (Å²) in [5, 5.41) is 4.49. The molecule has 1 heterocycles. The van der Waals surface area contributed by atoms with Crippen LogP contribution >= 0.6 is 11.6 Å². The lowest BCUT2D eigenvalue weighted by atomic mass is 10.1. The summed E-state index contributed by atoms with van der Waals surface area (Å²) >= 11 is 6.00. The number of hydrogen-bond donors (Lipinski definition) is 1. The number of rotatable bonds is 6. The van der Waals surface area contributed by atoms with Crippen LogP contribution in [0.1, 0.15) is 31.1 Å². The Balaban J connectivity index is 2.08. The van der Waals surface area contributed by atoms with Gasteiger partial charge in [0, 0.05) is 17.5 Å². The summed E-state index contributed by atoms with van der Waals surface area (Å²) in [6.07, 6.45) is 1.43. The molecule has 2 N–H and O–H groups in total. The van der Waals surface area contributed by atoms with Gasteiger partial charge in [0.2, 0.25) is 0 Å². The Morgan fingerprint density at radius 2 is 2.25 bits per heavy atom. The van der Waals surface area contributed by atoms with Crippen LogP contribution in [0, 0.1) is 0 Å². The topological polar surface area (TPSA) is 74.2 Å². The Bertz CT molecular complexity index is 569. The molecule has 0 radical (unpaired) electrons. The second kappa shape index (κ2) is 6.72. The summed E-state index contributed by atoms with van der Waals surface area (Å²) in [4.78, 5) is 4.20. The maximum Gasteiger partial charge on any atom is 0.264 e. The summed E-state index contributed by atoms with van der Waals surface area (Å²) < 4.78 is 10.8. The zero-order valence-electron chi connectivity index (χ0n) is 11.6. The lowest BCUT2D eigenvalue weighted by Crippen LogP contribution is -2.18. The van der Waals surface area contributed by atoms with Crippen molar-refractivity contribution in [1.82, 2.24) is 10.1 Å². The van der Waals surface area contributed by atoms with E-state index < -0.39 is 0 Å². The van der Waals surface area contributed by atoms with Crippen molar-refractivity contribution < 1.29 is 9.26 Å². The van der Waals surface area contributed by atoms with E-state index in [9.17, 15) is 0 Å². The highest BCUT2D eigenvalue weighted by atomic mass is 35.5. The van der Waals surface area contributed by atoms with Crippen molar-refractivity contribution in [2.75, 3.05) is 0 Å². The van der Waals surface area contributed by atoms with E-state index in [2.05, 4.69) is 10.1 Å². The summed E-state index contributed by atoms with van der Waals surface area (Å²) in [7, 11) is 0. The number of aromatic nitrogens is 2. The first-order chi connectivity index (χ1) is 9.58. The molecule has 0 saturated heterocycles. The summed E-state index contributed by atoms with van der Waals surface area (Å²) in [6.45, 7) is 4.15. The average molecular weight is 296 g/mol. The number of aryl methyl sites for hydroxylation is 1. The molecule has 0 bridgehead atoms. The Morgan fingerprint density at radius 3 is 2.90 bits per heavy atom. The summed E-state index contributed by atoms with van der Waals surface area (Å²) in [6, 6.07) is 5.51. The van der Waals surface area contributed by atoms with Gasteiger partial charge in [0.05, 0.1) is 0 Å². The molecule has 6 heteroatoms. The maximum absolute atomic E-state index is 6.00. The van der Waals surface area contributed by atoms with E-state index in [1.807, 2.05) is 26.0 Å². The van der Waals surface area contributed by atoms with Crippen molar-refractivity contribution >= 4 is 11.6 Å². The molecule has 0 fully saturated rings. The van der Waals surface area contributed by atoms with Crippen LogP contribution in [-0.4, -0.2) is 16.2 Å². The number of halogens is 1. The third kappa shape index (κ3) is 3.95. The van der Waals surface area contributed by atoms with Gasteiger partial charge in [-0.1, -0.05) is 23.7 Å². The number of nitrogens with zero attached hydrogens (tertiary/aromatic N) is 2. The van der Waals surface area contributed by atoms with E-state index >= 15 is 0 Å². The van der Waals surface area contributed by atoms with Crippen LogP contribution in [0.2, 0.25) is 5.02 Å². The smallest absolute Gasteiger partial charge is 0.264 e. The average Bonchev–Trinajstić information content (AvgIpc) is 2.85. The molecule has 1 aromatic heterocycles. The van der Waals surface area contributed by atoms with Gasteiger partial charge in [-0.2, -0.15) is 4.98 Å². The van der Waals surface area contributed by atoms with Crippen LogP contribution in [-0.2, 0) is 19.4 Å². The molecular formula is C14H18ClN3O2. The van der Waals surface area contributed by atoms with E-state index in [4.69, 9.17) is 26.6 Å². The van der Waals surface area contributed by atoms with Crippen molar-refractivity contribution in [2.24, 2.45) is 5.73 Å². The van der Waals surface area contributed by atoms with Gasteiger partial charge in [0.15, 0.2) is 12.4 Å². The minimum Gasteiger partial charge on any atom is -0.483 e. The van der Waals surface area contributed by atoms with Crippen molar-refractivity contribution in [1.29, 1.82) is 0 Å². The molecular weight excluding hydrogens is 278 g/mol. The van der Waals surface area contributed by atoms with Crippen molar-refractivity contribution in [3.8, 4) is 5.75 Å². The largest absolute Gasteiger partial charge is 0.483 e. The Hall–Kier alpha value is -1.59. The molecule has 0 aliphatic carbocycles. The van der Waals surface area contributed by atoms with Crippen LogP contribution in [0.25, 0.3) is 0 Å². The highest BCUT2D eigenvalue weighted by molar-refractivity contribution is 6.30. The molecule has 1 atom stereocenters. The highest BCUT2D eigenvalue weighted by Crippen LogP contribution is 2.24. The van der Waals surface area contributed by atoms with Gasteiger partial charge in [-0.05, 0) is 37.1 Å². The Labute approximate surface area is 123 Å². The number of benzene rings is 1. The fraction of sp³-hybridized carbons (Fsp3) is 0.429. The predicted molar refractivity (Wildman–Crippen MR) is 76.8 cm³/mol. The van der Waals surface area contributed by atoms with Crippen molar-refractivity contribution in [3.05, 3.63) is 40.5 Å². The normalized spacial score (nSPS) is 12.4. The summed E-state index contributed by atoms with van der Waals surface area (Å²) in [5.41, 5.74) is 6.81. The molecule has 1 aromatic carbocycles. The quantitative estimate of drug-likeness (QED) is 0.887. The molecule has 1 unspecified atom stereocenters. The molecule has 0 spiro atoms. The molecule has 0 aliphatic heterocycles. The number of ether oxygens (including phenoxy) is 1. The second-order valence-corrected chi connectivity index (χ2v) is 5.12. The fourth-order valence-corrected chi connectivity index (χ4v) is 2.02. The third-order valence-electron chi connectivity index (χ3n) is 2.74. The van der Waals surface area contributed by atoms with Crippen LogP contribution in [0.5, 0.6) is 5.75 Å². The monoisotopic (exact) mass is 295 g/mol. The third-order valence-corrected chi connectivity index (χ3v) is 2.98. The predicted octanol–water partition coefficient (Wildman–Crippen LogP) is 2.75. The van der Waals surface area contributed by atoms with Gasteiger partial charge in [0.1, 0.15) is 5.75 Å². The molecule has 108 valence electrons. The van der Waals surface area contributed by atoms with Crippen LogP contribution < -0.4 is 10.5 Å². The molecule has 0 aliphatic rings. The number of nitrogens with two attached hydrogens (primary N) is 1. The Morgan fingerprint density at radius 1 is 1.45 bits per heavy atom. The van der Waals surface area contributed by atoms with E-state index in [0.29, 0.717) is 23.2 Å². The standard InChI is InChI=1S/C14H18ClN3O2/c1-3-13-17-14(20-18-13)8-19-12-5-4-11(15)7-10(12)6-9(2)16/h4-5,7,9H,3,6,8,16H2,1-2H3. The first-order valence-corrected chi connectivity index (χ1v) is 6.94. The van der Waals surface area contributed by atoms with E-state index in [1.165, 1.54) is 0 Å². The highest BCUT2D eigenvalue weighted by Gasteiger charge is 2.10. The van der Waals surface area contributed by atoms with Gasteiger partial charge < -0.3 is 15.0 Å². The zero-order chi connectivity index (χ0) is 14.5. The van der Waals surface area contributed by atoms with E-state index in [0.717, 1.165) is 17.7 Å². The van der Waals surface area contributed by atoms with Gasteiger partial charge in [-0.15, -0.1) is 0 Å². The molecule has 0 saturated carbocycles. The van der Waals surface area contributed by atoms with Gasteiger partial charge in [0.25, 0.3) is 5.89 Å². The first kappa shape index (κ1) is 14.8. The van der Waals surface area contributed by atoms with Gasteiger partial charge in [-0.25, -0.2) is 0 Å². The van der Waals surface area contributed by atoms with Crippen LogP contribution in [0.3, 0.4) is 0 Å². The van der Waals surface area contributed by atoms with E-state index in [1.54, 1.807) is 6.07 Å². The minimum absolute atomic E-state index is 0.0333. The first-order valence-electron chi connectivity index (χ1n) is 6.56. The lowest BCUT2D eigenvalue weighted by molar-refractivity contribution is 0.240.